The minimum atomic E-state index is -0.460. The summed E-state index contributed by atoms with van der Waals surface area (Å²) in [6.45, 7) is 3.79. The molecule has 3 aromatic rings. The molecular weight excluding hydrogens is 432 g/mol. The Kier molecular flexibility index (Phi) is 7.09. The lowest BCUT2D eigenvalue weighted by Crippen LogP contribution is -2.27. The molecule has 9 heteroatoms. The molecule has 9 nitrogen and oxygen atoms in total. The van der Waals surface area contributed by atoms with Gasteiger partial charge in [0.1, 0.15) is 0 Å². The lowest BCUT2D eigenvalue weighted by atomic mass is 10.2. The number of hydrogen-bond donors (Lipinski definition) is 2. The fourth-order valence-electron chi connectivity index (χ4n) is 3.78. The summed E-state index contributed by atoms with van der Waals surface area (Å²) in [6.07, 6.45) is 2.64. The summed E-state index contributed by atoms with van der Waals surface area (Å²) >= 11 is 0. The quantitative estimate of drug-likeness (QED) is 0.461. The zero-order valence-corrected chi connectivity index (χ0v) is 19.4. The van der Waals surface area contributed by atoms with Crippen molar-refractivity contribution >= 4 is 40.3 Å². The van der Waals surface area contributed by atoms with Crippen LogP contribution < -0.4 is 15.5 Å². The molecule has 0 aliphatic heterocycles. The molecule has 176 valence electrons. The second-order valence-corrected chi connectivity index (χ2v) is 8.25. The Morgan fingerprint density at radius 3 is 2.79 bits per heavy atom. The number of nitrogens with one attached hydrogen (secondary N) is 2. The van der Waals surface area contributed by atoms with Crippen molar-refractivity contribution in [3.8, 4) is 6.07 Å². The molecule has 34 heavy (non-hydrogen) atoms. The number of nitrogens with zero attached hydrogens (tertiary/aromatic N) is 4. The maximum atomic E-state index is 12.7. The highest BCUT2D eigenvalue weighted by Gasteiger charge is 2.32. The van der Waals surface area contributed by atoms with E-state index in [9.17, 15) is 9.59 Å². The van der Waals surface area contributed by atoms with E-state index in [0.717, 1.165) is 30.5 Å². The van der Waals surface area contributed by atoms with Gasteiger partial charge in [0.25, 0.3) is 0 Å². The van der Waals surface area contributed by atoms with Gasteiger partial charge in [-0.3, -0.25) is 10.1 Å². The topological polar surface area (TPSA) is 112 Å². The van der Waals surface area contributed by atoms with Crippen LogP contribution >= 0.6 is 0 Å². The largest absolute Gasteiger partial charge is 0.382 e. The van der Waals surface area contributed by atoms with Crippen LogP contribution in [0.15, 0.2) is 42.5 Å². The van der Waals surface area contributed by atoms with Crippen LogP contribution in [0.2, 0.25) is 0 Å². The Morgan fingerprint density at radius 1 is 1.24 bits per heavy atom. The summed E-state index contributed by atoms with van der Waals surface area (Å²) in [7, 11) is 1.78. The van der Waals surface area contributed by atoms with Crippen LogP contribution in [0.4, 0.5) is 22.1 Å². The van der Waals surface area contributed by atoms with Gasteiger partial charge >= 0.3 is 6.03 Å². The molecule has 1 aliphatic carbocycles. The zero-order chi connectivity index (χ0) is 24.1. The highest BCUT2D eigenvalue weighted by atomic mass is 16.5. The van der Waals surface area contributed by atoms with Gasteiger partial charge in [0.2, 0.25) is 11.9 Å². The Hall–Kier alpha value is -3.90. The van der Waals surface area contributed by atoms with Crippen LogP contribution in [0.25, 0.3) is 11.0 Å². The van der Waals surface area contributed by atoms with Crippen molar-refractivity contribution in [3.05, 3.63) is 48.0 Å². The van der Waals surface area contributed by atoms with E-state index in [1.807, 2.05) is 29.7 Å². The average Bonchev–Trinajstić information content (AvgIpc) is 3.64. The summed E-state index contributed by atoms with van der Waals surface area (Å²) in [5.74, 6) is 0.638. The van der Waals surface area contributed by atoms with Crippen molar-refractivity contribution in [2.75, 3.05) is 35.8 Å². The molecule has 0 saturated heterocycles. The number of aromatic nitrogens is 2. The van der Waals surface area contributed by atoms with Gasteiger partial charge in [-0.25, -0.2) is 9.78 Å². The van der Waals surface area contributed by atoms with E-state index >= 15 is 0 Å². The number of carbonyl (C=O) groups excluding carboxylic acids is 2. The molecule has 1 aliphatic rings. The number of urea groups is 1. The van der Waals surface area contributed by atoms with Crippen molar-refractivity contribution in [3.63, 3.8) is 0 Å². The number of rotatable bonds is 9. The van der Waals surface area contributed by atoms with Crippen molar-refractivity contribution in [2.45, 2.75) is 32.7 Å². The second-order valence-electron chi connectivity index (χ2n) is 8.25. The van der Waals surface area contributed by atoms with Crippen molar-refractivity contribution in [1.29, 1.82) is 5.26 Å². The first-order chi connectivity index (χ1) is 16.5. The van der Waals surface area contributed by atoms with Crippen LogP contribution in [-0.2, 0) is 16.1 Å². The second kappa shape index (κ2) is 10.4. The van der Waals surface area contributed by atoms with Crippen molar-refractivity contribution in [2.24, 2.45) is 5.92 Å². The van der Waals surface area contributed by atoms with Crippen molar-refractivity contribution < 1.29 is 14.3 Å². The van der Waals surface area contributed by atoms with Crippen LogP contribution in [0, 0.1) is 17.2 Å². The van der Waals surface area contributed by atoms with Gasteiger partial charge in [0.15, 0.2) is 0 Å². The molecule has 1 heterocycles. The molecule has 0 unspecified atom stereocenters. The van der Waals surface area contributed by atoms with E-state index in [1.54, 1.807) is 36.2 Å². The van der Waals surface area contributed by atoms with Gasteiger partial charge < -0.3 is 19.5 Å². The first-order valence-corrected chi connectivity index (χ1v) is 11.4. The average molecular weight is 461 g/mol. The van der Waals surface area contributed by atoms with Crippen LogP contribution in [-0.4, -0.2) is 41.8 Å². The zero-order valence-electron chi connectivity index (χ0n) is 19.4. The van der Waals surface area contributed by atoms with E-state index in [2.05, 4.69) is 21.7 Å². The molecule has 2 N–H and O–H groups in total. The molecule has 3 amide bonds. The smallest absolute Gasteiger partial charge is 0.326 e. The Morgan fingerprint density at radius 2 is 2.06 bits per heavy atom. The van der Waals surface area contributed by atoms with Crippen LogP contribution in [0.3, 0.4) is 0 Å². The van der Waals surface area contributed by atoms with Gasteiger partial charge in [-0.15, -0.1) is 0 Å². The van der Waals surface area contributed by atoms with Crippen LogP contribution in [0.1, 0.15) is 31.7 Å². The van der Waals surface area contributed by atoms with Gasteiger partial charge in [-0.2, -0.15) is 5.26 Å². The number of hydrogen-bond acceptors (Lipinski definition) is 5. The molecule has 0 radical (unpaired) electrons. The molecular formula is C25H28N6O3. The van der Waals surface area contributed by atoms with E-state index in [-0.39, 0.29) is 11.8 Å². The normalized spacial score (nSPS) is 12.9. The molecule has 0 bridgehead atoms. The van der Waals surface area contributed by atoms with E-state index in [0.29, 0.717) is 42.5 Å². The minimum Gasteiger partial charge on any atom is -0.382 e. The first-order valence-electron chi connectivity index (χ1n) is 11.4. The Bertz CT molecular complexity index is 1240. The minimum absolute atomic E-state index is 0.118. The third kappa shape index (κ3) is 5.35. The highest BCUT2D eigenvalue weighted by Crippen LogP contribution is 2.33. The van der Waals surface area contributed by atoms with Gasteiger partial charge in [-0.05, 0) is 62.6 Å². The summed E-state index contributed by atoms with van der Waals surface area (Å²) in [5.41, 5.74) is 3.28. The molecule has 1 fully saturated rings. The monoisotopic (exact) mass is 460 g/mol. The van der Waals surface area contributed by atoms with Gasteiger partial charge in [-0.1, -0.05) is 6.07 Å². The summed E-state index contributed by atoms with van der Waals surface area (Å²) in [4.78, 5) is 31.5. The molecule has 0 atom stereocenters. The number of anilines is 3. The van der Waals surface area contributed by atoms with Crippen LogP contribution in [0.5, 0.6) is 0 Å². The van der Waals surface area contributed by atoms with Crippen molar-refractivity contribution in [1.82, 2.24) is 9.55 Å². The number of fused-ring (bicyclic) bond motifs is 1. The number of nitriles is 1. The fraction of sp³-hybridized carbons (Fsp3) is 0.360. The number of benzene rings is 2. The lowest BCUT2D eigenvalue weighted by molar-refractivity contribution is -0.119. The summed E-state index contributed by atoms with van der Waals surface area (Å²) in [6, 6.07) is 14.0. The summed E-state index contributed by atoms with van der Waals surface area (Å²) < 4.78 is 7.40. The van der Waals surface area contributed by atoms with Gasteiger partial charge in [0, 0.05) is 44.1 Å². The van der Waals surface area contributed by atoms with E-state index in [1.165, 1.54) is 0 Å². The highest BCUT2D eigenvalue weighted by molar-refractivity contribution is 6.01. The number of amides is 3. The summed E-state index contributed by atoms with van der Waals surface area (Å²) in [5, 5.41) is 14.6. The predicted molar refractivity (Wildman–Crippen MR) is 131 cm³/mol. The molecule has 1 aromatic heterocycles. The number of ether oxygens (including phenoxy) is 1. The van der Waals surface area contributed by atoms with E-state index in [4.69, 9.17) is 10.00 Å². The van der Waals surface area contributed by atoms with E-state index < -0.39 is 6.03 Å². The Balaban J connectivity index is 1.57. The Labute approximate surface area is 198 Å². The number of imidazole rings is 1. The first kappa shape index (κ1) is 23.3. The number of carbonyl (C=O) groups is 2. The fourth-order valence-corrected chi connectivity index (χ4v) is 3.78. The maximum Gasteiger partial charge on any atom is 0.326 e. The number of aryl methyl sites for hydroxylation is 1. The van der Waals surface area contributed by atoms with Gasteiger partial charge in [0.05, 0.1) is 22.7 Å². The molecule has 1 saturated carbocycles. The molecule has 4 rings (SSSR count). The lowest BCUT2D eigenvalue weighted by Gasteiger charge is -2.17. The standard InChI is InChI=1S/C25H28N6O3/c1-3-34-13-5-12-31-22-11-10-20(30(2)23(32)18-8-9-18)15-21(22)28-24(31)29-25(33)27-19-7-4-6-17(14-19)16-26/h4,6-7,10-11,14-15,18H,3,5,8-9,12-13H2,1-2H3,(H2,27,28,29,33). The molecule has 2 aromatic carbocycles. The maximum absolute atomic E-state index is 12.7. The SMILES string of the molecule is CCOCCCn1c(NC(=O)Nc2cccc(C#N)c2)nc2cc(N(C)C(=O)C3CC3)ccc21. The predicted octanol–water partition coefficient (Wildman–Crippen LogP) is 4.35. The molecule has 0 spiro atoms. The third-order valence-electron chi connectivity index (χ3n) is 5.73. The third-order valence-corrected chi connectivity index (χ3v) is 5.73.